The maximum Gasteiger partial charge on any atom is 0.407 e. The molecule has 1 saturated carbocycles. The first-order valence-corrected chi connectivity index (χ1v) is 12.9. The molecular formula is C26H32FN5O5. The Bertz CT molecular complexity index is 1280. The molecule has 2 aromatic heterocycles. The highest BCUT2D eigenvalue weighted by Gasteiger charge is 2.34. The maximum atomic E-state index is 15.8. The molecule has 1 unspecified atom stereocenters. The van der Waals surface area contributed by atoms with E-state index in [0.717, 1.165) is 25.7 Å². The Balaban J connectivity index is 1.50. The first kappa shape index (κ1) is 25.2. The largest absolute Gasteiger partial charge is 0.465 e. The number of ether oxygens (including phenoxy) is 1. The number of carboxylic acid groups (broad SMARTS) is 1. The van der Waals surface area contributed by atoms with Crippen molar-refractivity contribution >= 4 is 23.0 Å². The predicted molar refractivity (Wildman–Crippen MR) is 132 cm³/mol. The second-order valence-electron chi connectivity index (χ2n) is 10.1. The van der Waals surface area contributed by atoms with Crippen LogP contribution < -0.4 is 5.32 Å². The SMILES string of the molecule is CCc1nocc1C(=O)NC(c1nc2c(F)c([C@H]3COCCN3C(=O)O)ccc2[nH]1)C1CCC(C)CC1. The van der Waals surface area contributed by atoms with Crippen LogP contribution in [0.2, 0.25) is 0 Å². The second-order valence-corrected chi connectivity index (χ2v) is 10.1. The van der Waals surface area contributed by atoms with E-state index in [2.05, 4.69) is 27.4 Å². The fraction of sp³-hybridized carbons (Fsp3) is 0.538. The minimum Gasteiger partial charge on any atom is -0.465 e. The Morgan fingerprint density at radius 2 is 2.08 bits per heavy atom. The van der Waals surface area contributed by atoms with Gasteiger partial charge in [-0.15, -0.1) is 0 Å². The lowest BCUT2D eigenvalue weighted by atomic mass is 9.79. The highest BCUT2D eigenvalue weighted by molar-refractivity contribution is 5.95. The highest BCUT2D eigenvalue weighted by atomic mass is 19.1. The van der Waals surface area contributed by atoms with E-state index in [-0.39, 0.29) is 42.7 Å². The van der Waals surface area contributed by atoms with Gasteiger partial charge in [0.15, 0.2) is 5.82 Å². The molecule has 1 saturated heterocycles. The molecule has 3 aromatic rings. The minimum atomic E-state index is -1.12. The number of benzene rings is 1. The van der Waals surface area contributed by atoms with Crippen LogP contribution in [0, 0.1) is 17.7 Å². The van der Waals surface area contributed by atoms with E-state index in [1.54, 1.807) is 12.1 Å². The molecule has 0 bridgehead atoms. The van der Waals surface area contributed by atoms with Crippen LogP contribution in [0.3, 0.4) is 0 Å². The summed E-state index contributed by atoms with van der Waals surface area (Å²) in [6.45, 7) is 4.63. The number of halogens is 1. The Morgan fingerprint density at radius 1 is 1.30 bits per heavy atom. The molecule has 2 aliphatic rings. The zero-order chi connectivity index (χ0) is 26.1. The molecule has 0 spiro atoms. The van der Waals surface area contributed by atoms with Gasteiger partial charge in [-0.25, -0.2) is 14.2 Å². The predicted octanol–water partition coefficient (Wildman–Crippen LogP) is 4.60. The number of morpholine rings is 1. The van der Waals surface area contributed by atoms with Gasteiger partial charge in [0, 0.05) is 12.1 Å². The molecule has 198 valence electrons. The van der Waals surface area contributed by atoms with Crippen LogP contribution in [0.4, 0.5) is 9.18 Å². The number of aromatic amines is 1. The molecule has 1 aliphatic carbocycles. The third-order valence-corrected chi connectivity index (χ3v) is 7.71. The van der Waals surface area contributed by atoms with Crippen molar-refractivity contribution in [2.24, 2.45) is 11.8 Å². The Kier molecular flexibility index (Phi) is 7.14. The van der Waals surface area contributed by atoms with Gasteiger partial charge in [-0.2, -0.15) is 0 Å². The molecule has 0 radical (unpaired) electrons. The van der Waals surface area contributed by atoms with E-state index in [0.29, 0.717) is 34.9 Å². The molecule has 1 aromatic carbocycles. The number of fused-ring (bicyclic) bond motifs is 1. The second kappa shape index (κ2) is 10.5. The molecule has 1 aliphatic heterocycles. The van der Waals surface area contributed by atoms with Gasteiger partial charge in [-0.1, -0.05) is 37.9 Å². The van der Waals surface area contributed by atoms with Crippen LogP contribution in [0.25, 0.3) is 11.0 Å². The van der Waals surface area contributed by atoms with E-state index in [9.17, 15) is 14.7 Å². The molecule has 2 atom stereocenters. The van der Waals surface area contributed by atoms with Crippen LogP contribution >= 0.6 is 0 Å². The number of carbonyl (C=O) groups is 2. The normalized spacial score (nSPS) is 23.2. The van der Waals surface area contributed by atoms with Gasteiger partial charge in [0.1, 0.15) is 23.2 Å². The van der Waals surface area contributed by atoms with Crippen LogP contribution in [0.15, 0.2) is 22.9 Å². The summed E-state index contributed by atoms with van der Waals surface area (Å²) in [6.07, 6.45) is 4.68. The number of nitrogens with zero attached hydrogens (tertiary/aromatic N) is 3. The summed E-state index contributed by atoms with van der Waals surface area (Å²) >= 11 is 0. The van der Waals surface area contributed by atoms with Crippen molar-refractivity contribution < 1.29 is 28.3 Å². The average Bonchev–Trinajstić information content (AvgIpc) is 3.56. The van der Waals surface area contributed by atoms with Gasteiger partial charge in [0.25, 0.3) is 5.91 Å². The van der Waals surface area contributed by atoms with Gasteiger partial charge >= 0.3 is 6.09 Å². The summed E-state index contributed by atoms with van der Waals surface area (Å²) in [4.78, 5) is 34.0. The molecule has 2 fully saturated rings. The van der Waals surface area contributed by atoms with Gasteiger partial charge in [-0.3, -0.25) is 9.69 Å². The number of hydrogen-bond donors (Lipinski definition) is 3. The number of H-pyrrole nitrogens is 1. The lowest BCUT2D eigenvalue weighted by Crippen LogP contribution is -2.43. The first-order chi connectivity index (χ1) is 17.9. The van der Waals surface area contributed by atoms with Crippen molar-refractivity contribution in [3.63, 3.8) is 0 Å². The number of hydrogen-bond acceptors (Lipinski definition) is 6. The van der Waals surface area contributed by atoms with Gasteiger partial charge in [-0.05, 0) is 37.2 Å². The van der Waals surface area contributed by atoms with Crippen molar-refractivity contribution in [2.75, 3.05) is 19.8 Å². The topological polar surface area (TPSA) is 134 Å². The summed E-state index contributed by atoms with van der Waals surface area (Å²) in [5.41, 5.74) is 1.78. The third kappa shape index (κ3) is 4.92. The van der Waals surface area contributed by atoms with Crippen molar-refractivity contribution in [1.82, 2.24) is 25.3 Å². The Labute approximate surface area is 213 Å². The third-order valence-electron chi connectivity index (χ3n) is 7.71. The number of rotatable bonds is 6. The fourth-order valence-corrected chi connectivity index (χ4v) is 5.52. The lowest BCUT2D eigenvalue weighted by molar-refractivity contribution is -0.00190. The van der Waals surface area contributed by atoms with Crippen molar-refractivity contribution in [2.45, 2.75) is 58.0 Å². The quantitative estimate of drug-likeness (QED) is 0.439. The number of aryl methyl sites for hydroxylation is 1. The summed E-state index contributed by atoms with van der Waals surface area (Å²) in [5, 5.41) is 16.6. The molecule has 11 heteroatoms. The molecule has 3 N–H and O–H groups in total. The molecule has 37 heavy (non-hydrogen) atoms. The molecule has 10 nitrogen and oxygen atoms in total. The number of aromatic nitrogens is 3. The van der Waals surface area contributed by atoms with E-state index in [1.807, 2.05) is 6.92 Å². The summed E-state index contributed by atoms with van der Waals surface area (Å²) in [7, 11) is 0. The van der Waals surface area contributed by atoms with E-state index in [1.165, 1.54) is 11.2 Å². The highest BCUT2D eigenvalue weighted by Crippen LogP contribution is 2.38. The van der Waals surface area contributed by atoms with Crippen LogP contribution in [-0.4, -0.2) is 56.9 Å². The maximum absolute atomic E-state index is 15.8. The number of imidazole rings is 1. The van der Waals surface area contributed by atoms with Crippen LogP contribution in [-0.2, 0) is 11.2 Å². The van der Waals surface area contributed by atoms with Gasteiger partial charge in [0.05, 0.1) is 36.5 Å². The van der Waals surface area contributed by atoms with Crippen molar-refractivity contribution in [1.29, 1.82) is 0 Å². The molecular weight excluding hydrogens is 481 g/mol. The van der Waals surface area contributed by atoms with Crippen LogP contribution in [0.5, 0.6) is 0 Å². The lowest BCUT2D eigenvalue weighted by Gasteiger charge is -2.33. The van der Waals surface area contributed by atoms with E-state index in [4.69, 9.17) is 9.26 Å². The molecule has 2 amide bonds. The molecule has 5 rings (SSSR count). The zero-order valence-electron chi connectivity index (χ0n) is 21.0. The zero-order valence-corrected chi connectivity index (χ0v) is 21.0. The standard InChI is InChI=1S/C26H32FN5O5/c1-3-18-17(12-37-31-18)25(33)30-22(15-6-4-14(2)5-7-15)24-28-19-9-8-16(21(27)23(19)29-24)20-13-36-11-10-32(20)26(34)35/h8-9,12,14-15,20,22H,3-7,10-11,13H2,1-2H3,(H,28,29)(H,30,33)(H,34,35)/t14?,15?,20-,22?/m1/s1. The monoisotopic (exact) mass is 513 g/mol. The average molecular weight is 514 g/mol. The number of amides is 2. The van der Waals surface area contributed by atoms with Crippen LogP contribution in [0.1, 0.15) is 79.1 Å². The minimum absolute atomic E-state index is 0.0729. The fourth-order valence-electron chi connectivity index (χ4n) is 5.52. The Hall–Kier alpha value is -3.47. The molecule has 3 heterocycles. The summed E-state index contributed by atoms with van der Waals surface area (Å²) in [6, 6.07) is 2.07. The van der Waals surface area contributed by atoms with E-state index >= 15 is 4.39 Å². The number of nitrogens with one attached hydrogen (secondary N) is 2. The van der Waals surface area contributed by atoms with E-state index < -0.39 is 24.0 Å². The summed E-state index contributed by atoms with van der Waals surface area (Å²) < 4.78 is 26.3. The van der Waals surface area contributed by atoms with Crippen molar-refractivity contribution in [3.8, 4) is 0 Å². The summed E-state index contributed by atoms with van der Waals surface area (Å²) in [5.74, 6) is 0.324. The van der Waals surface area contributed by atoms with Gasteiger partial charge < -0.3 is 24.7 Å². The Morgan fingerprint density at radius 3 is 2.81 bits per heavy atom. The first-order valence-electron chi connectivity index (χ1n) is 12.9. The van der Waals surface area contributed by atoms with Gasteiger partial charge in [0.2, 0.25) is 0 Å². The number of carbonyl (C=O) groups excluding carboxylic acids is 1. The van der Waals surface area contributed by atoms with Crippen molar-refractivity contribution in [3.05, 3.63) is 46.9 Å². The smallest absolute Gasteiger partial charge is 0.407 e.